The lowest BCUT2D eigenvalue weighted by molar-refractivity contribution is 0.625. The second kappa shape index (κ2) is 4.55. The lowest BCUT2D eigenvalue weighted by atomic mass is 10.1. The number of hydrogen-bond acceptors (Lipinski definition) is 3. The summed E-state index contributed by atoms with van der Waals surface area (Å²) in [6.45, 7) is 5.52. The molecule has 2 heterocycles. The van der Waals surface area contributed by atoms with E-state index in [-0.39, 0.29) is 0 Å². The maximum absolute atomic E-state index is 9.32. The molecule has 2 atom stereocenters. The first-order valence-corrected chi connectivity index (χ1v) is 6.75. The predicted octanol–water partition coefficient (Wildman–Crippen LogP) is 3.34. The van der Waals surface area contributed by atoms with E-state index in [9.17, 15) is 5.26 Å². The molecule has 2 aromatic rings. The molecule has 1 saturated heterocycles. The molecule has 0 radical (unpaired) electrons. The number of para-hydroxylation sites is 1. The topological polar surface area (TPSA) is 39.9 Å². The first-order chi connectivity index (χ1) is 9.19. The van der Waals surface area contributed by atoms with E-state index >= 15 is 0 Å². The number of rotatable bonds is 1. The van der Waals surface area contributed by atoms with E-state index in [0.717, 1.165) is 23.3 Å². The van der Waals surface area contributed by atoms with E-state index in [1.54, 1.807) is 0 Å². The summed E-state index contributed by atoms with van der Waals surface area (Å²) in [6, 6.07) is 12.6. The van der Waals surface area contributed by atoms with Gasteiger partial charge in [-0.3, -0.25) is 0 Å². The van der Waals surface area contributed by atoms with Crippen LogP contribution < -0.4 is 4.90 Å². The highest BCUT2D eigenvalue weighted by atomic mass is 15.2. The summed E-state index contributed by atoms with van der Waals surface area (Å²) in [4.78, 5) is 7.04. The van der Waals surface area contributed by atoms with Gasteiger partial charge < -0.3 is 4.90 Å². The van der Waals surface area contributed by atoms with Gasteiger partial charge in [0.2, 0.25) is 0 Å². The van der Waals surface area contributed by atoms with Crippen molar-refractivity contribution in [1.29, 1.82) is 5.26 Å². The number of anilines is 1. The fourth-order valence-electron chi connectivity index (χ4n) is 3.02. The van der Waals surface area contributed by atoms with Crippen LogP contribution in [0.1, 0.15) is 25.8 Å². The number of nitriles is 1. The normalized spacial score (nSPS) is 22.7. The summed E-state index contributed by atoms with van der Waals surface area (Å²) in [6.07, 6.45) is 1.19. The molecule has 96 valence electrons. The third-order valence-corrected chi connectivity index (χ3v) is 3.90. The van der Waals surface area contributed by atoms with Crippen molar-refractivity contribution in [2.24, 2.45) is 5.92 Å². The highest BCUT2D eigenvalue weighted by Crippen LogP contribution is 2.30. The zero-order chi connectivity index (χ0) is 13.4. The van der Waals surface area contributed by atoms with E-state index in [1.807, 2.05) is 30.3 Å². The van der Waals surface area contributed by atoms with Gasteiger partial charge >= 0.3 is 0 Å². The van der Waals surface area contributed by atoms with Crippen LogP contribution in [-0.2, 0) is 0 Å². The minimum absolute atomic E-state index is 0.496. The van der Waals surface area contributed by atoms with Gasteiger partial charge in [-0.25, -0.2) is 4.98 Å². The summed E-state index contributed by atoms with van der Waals surface area (Å²) in [5.74, 6) is 1.63. The highest BCUT2D eigenvalue weighted by molar-refractivity contribution is 5.86. The van der Waals surface area contributed by atoms with Gasteiger partial charge in [0.05, 0.1) is 17.1 Å². The SMILES string of the molecule is CC1CC(C)N(c2cc(C#N)c3ccccc3n2)C1. The molecule has 0 bridgehead atoms. The Labute approximate surface area is 113 Å². The molecule has 0 aliphatic carbocycles. The third-order valence-electron chi connectivity index (χ3n) is 3.90. The van der Waals surface area contributed by atoms with Crippen molar-refractivity contribution < 1.29 is 0 Å². The van der Waals surface area contributed by atoms with Crippen molar-refractivity contribution in [2.75, 3.05) is 11.4 Å². The number of hydrogen-bond donors (Lipinski definition) is 0. The van der Waals surface area contributed by atoms with Crippen LogP contribution in [-0.4, -0.2) is 17.6 Å². The standard InChI is InChI=1S/C16H17N3/c1-11-7-12(2)19(10-11)16-8-13(9-17)14-5-3-4-6-15(14)18-16/h3-6,8,11-12H,7,10H2,1-2H3. The van der Waals surface area contributed by atoms with E-state index in [1.165, 1.54) is 6.42 Å². The molecule has 1 fully saturated rings. The van der Waals surface area contributed by atoms with E-state index < -0.39 is 0 Å². The van der Waals surface area contributed by atoms with Gasteiger partial charge in [0.1, 0.15) is 5.82 Å². The molecule has 19 heavy (non-hydrogen) atoms. The molecule has 0 N–H and O–H groups in total. The van der Waals surface area contributed by atoms with E-state index in [4.69, 9.17) is 4.98 Å². The molecule has 1 aliphatic heterocycles. The van der Waals surface area contributed by atoms with Crippen molar-refractivity contribution in [3.8, 4) is 6.07 Å². The molecule has 1 aromatic heterocycles. The zero-order valence-corrected chi connectivity index (χ0v) is 11.3. The van der Waals surface area contributed by atoms with Crippen molar-refractivity contribution in [3.05, 3.63) is 35.9 Å². The first kappa shape index (κ1) is 12.0. The van der Waals surface area contributed by atoms with Crippen LogP contribution in [0.25, 0.3) is 10.9 Å². The molecule has 1 aliphatic rings. The summed E-state index contributed by atoms with van der Waals surface area (Å²) in [7, 11) is 0. The van der Waals surface area contributed by atoms with Gasteiger partial charge in [-0.15, -0.1) is 0 Å². The van der Waals surface area contributed by atoms with Gasteiger partial charge in [-0.05, 0) is 31.4 Å². The molecule has 0 amide bonds. The van der Waals surface area contributed by atoms with Gasteiger partial charge in [-0.2, -0.15) is 5.26 Å². The molecular weight excluding hydrogens is 234 g/mol. The van der Waals surface area contributed by atoms with Crippen molar-refractivity contribution in [2.45, 2.75) is 26.3 Å². The Morgan fingerprint density at radius 2 is 2.11 bits per heavy atom. The number of benzene rings is 1. The minimum atomic E-state index is 0.496. The Bertz CT molecular complexity index is 657. The summed E-state index contributed by atoms with van der Waals surface area (Å²) in [5, 5.41) is 10.3. The lowest BCUT2D eigenvalue weighted by Gasteiger charge is -2.23. The quantitative estimate of drug-likeness (QED) is 0.780. The molecule has 0 saturated carbocycles. The van der Waals surface area contributed by atoms with Crippen molar-refractivity contribution >= 4 is 16.7 Å². The lowest BCUT2D eigenvalue weighted by Crippen LogP contribution is -2.27. The molecule has 0 spiro atoms. The van der Waals surface area contributed by atoms with Crippen LogP contribution >= 0.6 is 0 Å². The van der Waals surface area contributed by atoms with Crippen LogP contribution in [0.15, 0.2) is 30.3 Å². The van der Waals surface area contributed by atoms with Gasteiger partial charge in [0.25, 0.3) is 0 Å². The number of nitrogens with zero attached hydrogens (tertiary/aromatic N) is 3. The number of pyridine rings is 1. The Morgan fingerprint density at radius 1 is 1.32 bits per heavy atom. The monoisotopic (exact) mass is 251 g/mol. The summed E-state index contributed by atoms with van der Waals surface area (Å²) < 4.78 is 0. The molecule has 1 aromatic carbocycles. The Hall–Kier alpha value is -2.08. The molecule has 3 nitrogen and oxygen atoms in total. The average Bonchev–Trinajstić information content (AvgIpc) is 2.76. The van der Waals surface area contributed by atoms with Gasteiger partial charge in [0.15, 0.2) is 0 Å². The predicted molar refractivity (Wildman–Crippen MR) is 77.0 cm³/mol. The zero-order valence-electron chi connectivity index (χ0n) is 11.3. The maximum Gasteiger partial charge on any atom is 0.130 e. The summed E-state index contributed by atoms with van der Waals surface area (Å²) >= 11 is 0. The van der Waals surface area contributed by atoms with Crippen LogP contribution in [0.3, 0.4) is 0 Å². The Morgan fingerprint density at radius 3 is 2.79 bits per heavy atom. The van der Waals surface area contributed by atoms with Crippen LogP contribution in [0, 0.1) is 17.2 Å². The van der Waals surface area contributed by atoms with Crippen LogP contribution in [0.5, 0.6) is 0 Å². The van der Waals surface area contributed by atoms with E-state index in [0.29, 0.717) is 17.5 Å². The number of aromatic nitrogens is 1. The summed E-state index contributed by atoms with van der Waals surface area (Å²) in [5.41, 5.74) is 1.62. The maximum atomic E-state index is 9.32. The van der Waals surface area contributed by atoms with E-state index in [2.05, 4.69) is 24.8 Å². The smallest absolute Gasteiger partial charge is 0.130 e. The van der Waals surface area contributed by atoms with Gasteiger partial charge in [-0.1, -0.05) is 25.1 Å². The van der Waals surface area contributed by atoms with Crippen LogP contribution in [0.4, 0.5) is 5.82 Å². The Balaban J connectivity index is 2.13. The first-order valence-electron chi connectivity index (χ1n) is 6.75. The second-order valence-electron chi connectivity index (χ2n) is 5.50. The molecule has 3 rings (SSSR count). The van der Waals surface area contributed by atoms with Gasteiger partial charge in [0, 0.05) is 18.0 Å². The molecular formula is C16H17N3. The fourth-order valence-corrected chi connectivity index (χ4v) is 3.02. The van der Waals surface area contributed by atoms with Crippen LogP contribution in [0.2, 0.25) is 0 Å². The minimum Gasteiger partial charge on any atom is -0.354 e. The van der Waals surface area contributed by atoms with Crippen molar-refractivity contribution in [3.63, 3.8) is 0 Å². The molecule has 2 unspecified atom stereocenters. The highest BCUT2D eigenvalue weighted by Gasteiger charge is 2.27. The average molecular weight is 251 g/mol. The molecule has 3 heteroatoms. The Kier molecular flexibility index (Phi) is 2.87. The largest absolute Gasteiger partial charge is 0.354 e. The third kappa shape index (κ3) is 2.04. The van der Waals surface area contributed by atoms with Crippen molar-refractivity contribution in [1.82, 2.24) is 4.98 Å². The number of fused-ring (bicyclic) bond motifs is 1. The fraction of sp³-hybridized carbons (Fsp3) is 0.375. The second-order valence-corrected chi connectivity index (χ2v) is 5.50.